The Kier molecular flexibility index (Phi) is 4.84. The minimum Gasteiger partial charge on any atom is -0.378 e. The summed E-state index contributed by atoms with van der Waals surface area (Å²) in [6, 6.07) is 7.67. The first kappa shape index (κ1) is 14.5. The summed E-state index contributed by atoms with van der Waals surface area (Å²) in [5.41, 5.74) is 1.93. The lowest BCUT2D eigenvalue weighted by molar-refractivity contribution is 0.891. The molecule has 18 heavy (non-hydrogen) atoms. The SMILES string of the molecule is CC(Nc1ccc(Br)c(Cl)c1)c1cc(Cl)sc1Cl. The van der Waals surface area contributed by atoms with Crippen molar-refractivity contribution in [2.45, 2.75) is 13.0 Å². The average molecular weight is 386 g/mol. The molecule has 0 spiro atoms. The third-order valence-corrected chi connectivity index (χ3v) is 5.20. The molecule has 0 aliphatic rings. The van der Waals surface area contributed by atoms with Crippen molar-refractivity contribution in [2.75, 3.05) is 5.32 Å². The molecule has 0 aliphatic carbocycles. The monoisotopic (exact) mass is 383 g/mol. The van der Waals surface area contributed by atoms with Crippen LogP contribution in [0, 0.1) is 0 Å². The van der Waals surface area contributed by atoms with Crippen LogP contribution in [0.25, 0.3) is 0 Å². The van der Waals surface area contributed by atoms with Crippen molar-refractivity contribution in [2.24, 2.45) is 0 Å². The van der Waals surface area contributed by atoms with E-state index in [9.17, 15) is 0 Å². The minimum absolute atomic E-state index is 0.0680. The smallest absolute Gasteiger partial charge is 0.0996 e. The van der Waals surface area contributed by atoms with E-state index < -0.39 is 0 Å². The van der Waals surface area contributed by atoms with Crippen LogP contribution in [-0.2, 0) is 0 Å². The van der Waals surface area contributed by atoms with Gasteiger partial charge in [0.2, 0.25) is 0 Å². The minimum atomic E-state index is 0.0680. The maximum Gasteiger partial charge on any atom is 0.0996 e. The summed E-state index contributed by atoms with van der Waals surface area (Å²) in [7, 11) is 0. The molecule has 1 heterocycles. The van der Waals surface area contributed by atoms with Crippen LogP contribution in [0.2, 0.25) is 13.7 Å². The van der Waals surface area contributed by atoms with Gasteiger partial charge in [0.25, 0.3) is 0 Å². The van der Waals surface area contributed by atoms with Gasteiger partial charge in [-0.2, -0.15) is 0 Å². The third-order valence-electron chi connectivity index (χ3n) is 2.45. The highest BCUT2D eigenvalue weighted by Gasteiger charge is 2.13. The van der Waals surface area contributed by atoms with E-state index in [1.54, 1.807) is 0 Å². The highest BCUT2D eigenvalue weighted by molar-refractivity contribution is 9.10. The highest BCUT2D eigenvalue weighted by Crippen LogP contribution is 2.36. The zero-order valence-electron chi connectivity index (χ0n) is 9.31. The Morgan fingerprint density at radius 2 is 1.94 bits per heavy atom. The van der Waals surface area contributed by atoms with Gasteiger partial charge in [0.05, 0.1) is 19.7 Å². The first-order chi connectivity index (χ1) is 8.47. The first-order valence-corrected chi connectivity index (χ1v) is 7.88. The van der Waals surface area contributed by atoms with Crippen LogP contribution >= 0.6 is 62.1 Å². The standard InChI is InChI=1S/C12H9BrCl3NS/c1-6(8-5-11(15)18-12(8)16)17-7-2-3-9(13)10(14)4-7/h2-6,17H,1H3. The normalized spacial score (nSPS) is 12.5. The lowest BCUT2D eigenvalue weighted by Gasteiger charge is -2.15. The van der Waals surface area contributed by atoms with E-state index in [4.69, 9.17) is 34.8 Å². The van der Waals surface area contributed by atoms with Crippen LogP contribution in [0.3, 0.4) is 0 Å². The molecule has 1 aromatic heterocycles. The largest absolute Gasteiger partial charge is 0.378 e. The predicted octanol–water partition coefficient (Wildman–Crippen LogP) is 6.64. The summed E-state index contributed by atoms with van der Waals surface area (Å²) in [4.78, 5) is 0. The van der Waals surface area contributed by atoms with Gasteiger partial charge in [-0.05, 0) is 47.1 Å². The number of hydrogen-bond acceptors (Lipinski definition) is 2. The quantitative estimate of drug-likeness (QED) is 0.624. The van der Waals surface area contributed by atoms with Gasteiger partial charge in [0.15, 0.2) is 0 Å². The van der Waals surface area contributed by atoms with E-state index in [1.165, 1.54) is 11.3 Å². The molecule has 0 amide bonds. The van der Waals surface area contributed by atoms with E-state index in [1.807, 2.05) is 31.2 Å². The van der Waals surface area contributed by atoms with Crippen molar-refractivity contribution >= 4 is 67.8 Å². The van der Waals surface area contributed by atoms with Gasteiger partial charge < -0.3 is 5.32 Å². The summed E-state index contributed by atoms with van der Waals surface area (Å²) < 4.78 is 2.28. The number of rotatable bonds is 3. The van der Waals surface area contributed by atoms with E-state index >= 15 is 0 Å². The summed E-state index contributed by atoms with van der Waals surface area (Å²) in [5, 5.41) is 4.01. The van der Waals surface area contributed by atoms with Gasteiger partial charge >= 0.3 is 0 Å². The predicted molar refractivity (Wildman–Crippen MR) is 85.5 cm³/mol. The van der Waals surface area contributed by atoms with Crippen LogP contribution in [0.1, 0.15) is 18.5 Å². The number of benzene rings is 1. The third kappa shape index (κ3) is 3.34. The second-order valence-corrected chi connectivity index (χ2v) is 7.32. The van der Waals surface area contributed by atoms with E-state index in [2.05, 4.69) is 21.2 Å². The molecule has 0 saturated carbocycles. The van der Waals surface area contributed by atoms with E-state index in [0.717, 1.165) is 15.7 Å². The van der Waals surface area contributed by atoms with Gasteiger partial charge in [-0.1, -0.05) is 34.8 Å². The molecule has 6 heteroatoms. The molecule has 1 unspecified atom stereocenters. The molecule has 0 fully saturated rings. The molecule has 2 aromatic rings. The molecule has 1 N–H and O–H groups in total. The van der Waals surface area contributed by atoms with Gasteiger partial charge in [-0.3, -0.25) is 0 Å². The summed E-state index contributed by atoms with van der Waals surface area (Å²) in [6.07, 6.45) is 0. The Hall–Kier alpha value is 0.0700. The Balaban J connectivity index is 2.18. The molecule has 1 nitrogen and oxygen atoms in total. The van der Waals surface area contributed by atoms with Crippen molar-refractivity contribution in [3.8, 4) is 0 Å². The van der Waals surface area contributed by atoms with Crippen molar-refractivity contribution in [1.82, 2.24) is 0 Å². The highest BCUT2D eigenvalue weighted by atomic mass is 79.9. The van der Waals surface area contributed by atoms with Crippen molar-refractivity contribution in [1.29, 1.82) is 0 Å². The maximum atomic E-state index is 6.12. The Bertz CT molecular complexity index is 570. The van der Waals surface area contributed by atoms with Crippen LogP contribution in [0.5, 0.6) is 0 Å². The topological polar surface area (TPSA) is 12.0 Å². The summed E-state index contributed by atoms with van der Waals surface area (Å²) in [5.74, 6) is 0. The lowest BCUT2D eigenvalue weighted by Crippen LogP contribution is -2.05. The van der Waals surface area contributed by atoms with Gasteiger partial charge in [0.1, 0.15) is 0 Å². The molecule has 0 saturated heterocycles. The number of nitrogens with one attached hydrogen (secondary N) is 1. The van der Waals surface area contributed by atoms with Crippen molar-refractivity contribution in [3.63, 3.8) is 0 Å². The zero-order chi connectivity index (χ0) is 13.3. The van der Waals surface area contributed by atoms with E-state index in [0.29, 0.717) is 13.7 Å². The molecule has 1 aromatic carbocycles. The fourth-order valence-corrected chi connectivity index (χ4v) is 3.63. The zero-order valence-corrected chi connectivity index (χ0v) is 14.0. The molecular weight excluding hydrogens is 376 g/mol. The maximum absolute atomic E-state index is 6.12. The summed E-state index contributed by atoms with van der Waals surface area (Å²) >= 11 is 22.8. The van der Waals surface area contributed by atoms with Gasteiger partial charge in [-0.25, -0.2) is 0 Å². The Labute approximate surface area is 133 Å². The van der Waals surface area contributed by atoms with Crippen molar-refractivity contribution < 1.29 is 0 Å². The van der Waals surface area contributed by atoms with Crippen LogP contribution < -0.4 is 5.32 Å². The van der Waals surface area contributed by atoms with Crippen molar-refractivity contribution in [3.05, 3.63) is 48.0 Å². The number of hydrogen-bond donors (Lipinski definition) is 1. The van der Waals surface area contributed by atoms with Gasteiger partial charge in [0, 0.05) is 15.7 Å². The van der Waals surface area contributed by atoms with Crippen LogP contribution in [0.15, 0.2) is 28.7 Å². The molecule has 0 bridgehead atoms. The number of anilines is 1. The molecule has 0 aliphatic heterocycles. The molecule has 96 valence electrons. The average Bonchev–Trinajstić information content (AvgIpc) is 2.63. The van der Waals surface area contributed by atoms with Gasteiger partial charge in [-0.15, -0.1) is 11.3 Å². The molecule has 2 rings (SSSR count). The van der Waals surface area contributed by atoms with E-state index in [-0.39, 0.29) is 6.04 Å². The molecular formula is C12H9BrCl3NS. The van der Waals surface area contributed by atoms with Crippen LogP contribution in [0.4, 0.5) is 5.69 Å². The fourth-order valence-electron chi connectivity index (χ4n) is 1.56. The fraction of sp³-hybridized carbons (Fsp3) is 0.167. The Morgan fingerprint density at radius 3 is 2.50 bits per heavy atom. The second-order valence-electron chi connectivity index (χ2n) is 3.77. The number of thiophene rings is 1. The summed E-state index contributed by atoms with van der Waals surface area (Å²) in [6.45, 7) is 2.03. The lowest BCUT2D eigenvalue weighted by atomic mass is 10.1. The second kappa shape index (κ2) is 6.02. The number of halogens is 4. The molecule has 0 radical (unpaired) electrons. The van der Waals surface area contributed by atoms with Crippen LogP contribution in [-0.4, -0.2) is 0 Å². The Morgan fingerprint density at radius 1 is 1.22 bits per heavy atom. The molecule has 1 atom stereocenters. The first-order valence-electron chi connectivity index (χ1n) is 5.13.